The fourth-order valence-electron chi connectivity index (χ4n) is 3.02. The van der Waals surface area contributed by atoms with E-state index in [1.54, 1.807) is 0 Å². The molecule has 0 saturated heterocycles. The van der Waals surface area contributed by atoms with E-state index in [-0.39, 0.29) is 5.91 Å². The molecule has 0 saturated carbocycles. The number of H-pyrrole nitrogens is 1. The van der Waals surface area contributed by atoms with Crippen molar-refractivity contribution in [1.82, 2.24) is 15.3 Å². The van der Waals surface area contributed by atoms with Crippen LogP contribution in [0.4, 0.5) is 0 Å². The SMILES string of the molecule is CCOc1cc2ccccc2cc1C(=O)NCc1nc2ccccc2[nH]1. The number of carbonyl (C=O) groups excluding carboxylic acids is 1. The van der Waals surface area contributed by atoms with Crippen LogP contribution in [0.3, 0.4) is 0 Å². The first-order chi connectivity index (χ1) is 12.7. The Morgan fingerprint density at radius 2 is 1.81 bits per heavy atom. The van der Waals surface area contributed by atoms with Crippen molar-refractivity contribution in [2.75, 3.05) is 6.61 Å². The Morgan fingerprint density at radius 1 is 1.08 bits per heavy atom. The molecule has 0 bridgehead atoms. The number of imidazole rings is 1. The van der Waals surface area contributed by atoms with E-state index in [0.29, 0.717) is 24.5 Å². The predicted molar refractivity (Wildman–Crippen MR) is 102 cm³/mol. The van der Waals surface area contributed by atoms with Gasteiger partial charge in [-0.2, -0.15) is 0 Å². The lowest BCUT2D eigenvalue weighted by Crippen LogP contribution is -2.24. The molecule has 0 atom stereocenters. The molecule has 0 aliphatic carbocycles. The van der Waals surface area contributed by atoms with Gasteiger partial charge in [-0.15, -0.1) is 0 Å². The molecule has 5 nitrogen and oxygen atoms in total. The van der Waals surface area contributed by atoms with Crippen molar-refractivity contribution >= 4 is 27.7 Å². The molecule has 0 unspecified atom stereocenters. The number of amides is 1. The van der Waals surface area contributed by atoms with Crippen molar-refractivity contribution < 1.29 is 9.53 Å². The van der Waals surface area contributed by atoms with E-state index in [1.807, 2.05) is 67.6 Å². The van der Waals surface area contributed by atoms with Gasteiger partial charge in [0.15, 0.2) is 0 Å². The topological polar surface area (TPSA) is 67.0 Å². The molecule has 26 heavy (non-hydrogen) atoms. The minimum atomic E-state index is -0.181. The minimum absolute atomic E-state index is 0.181. The van der Waals surface area contributed by atoms with Crippen LogP contribution in [0.5, 0.6) is 5.75 Å². The summed E-state index contributed by atoms with van der Waals surface area (Å²) in [6, 6.07) is 19.5. The van der Waals surface area contributed by atoms with Gasteiger partial charge in [-0.05, 0) is 42.0 Å². The minimum Gasteiger partial charge on any atom is -0.493 e. The average Bonchev–Trinajstić information content (AvgIpc) is 3.09. The Balaban J connectivity index is 1.59. The van der Waals surface area contributed by atoms with E-state index in [1.165, 1.54) is 0 Å². The van der Waals surface area contributed by atoms with E-state index in [9.17, 15) is 4.79 Å². The number of hydrogen-bond acceptors (Lipinski definition) is 3. The third-order valence-electron chi connectivity index (χ3n) is 4.25. The van der Waals surface area contributed by atoms with Crippen molar-refractivity contribution in [3.05, 3.63) is 72.1 Å². The van der Waals surface area contributed by atoms with Crippen LogP contribution in [-0.2, 0) is 6.54 Å². The van der Waals surface area contributed by atoms with Gasteiger partial charge in [-0.3, -0.25) is 4.79 Å². The van der Waals surface area contributed by atoms with Gasteiger partial charge in [0, 0.05) is 0 Å². The van der Waals surface area contributed by atoms with E-state index in [2.05, 4.69) is 15.3 Å². The van der Waals surface area contributed by atoms with Crippen LogP contribution in [0.25, 0.3) is 21.8 Å². The Hall–Kier alpha value is -3.34. The zero-order valence-corrected chi connectivity index (χ0v) is 14.5. The summed E-state index contributed by atoms with van der Waals surface area (Å²) < 4.78 is 5.68. The maximum Gasteiger partial charge on any atom is 0.255 e. The quantitative estimate of drug-likeness (QED) is 0.573. The largest absolute Gasteiger partial charge is 0.493 e. The molecule has 0 spiro atoms. The zero-order chi connectivity index (χ0) is 17.9. The number of nitrogens with one attached hydrogen (secondary N) is 2. The summed E-state index contributed by atoms with van der Waals surface area (Å²) in [5, 5.41) is 4.98. The average molecular weight is 345 g/mol. The second-order valence-corrected chi connectivity index (χ2v) is 6.01. The van der Waals surface area contributed by atoms with Crippen molar-refractivity contribution in [3.63, 3.8) is 0 Å². The highest BCUT2D eigenvalue weighted by atomic mass is 16.5. The summed E-state index contributed by atoms with van der Waals surface area (Å²) in [5.74, 6) is 1.13. The number of aromatic amines is 1. The number of para-hydroxylation sites is 2. The van der Waals surface area contributed by atoms with Gasteiger partial charge in [-0.1, -0.05) is 36.4 Å². The number of carbonyl (C=O) groups is 1. The monoisotopic (exact) mass is 345 g/mol. The molecule has 3 aromatic carbocycles. The number of aromatic nitrogens is 2. The normalized spacial score (nSPS) is 11.0. The highest BCUT2D eigenvalue weighted by molar-refractivity contribution is 6.01. The summed E-state index contributed by atoms with van der Waals surface area (Å²) in [4.78, 5) is 20.4. The van der Waals surface area contributed by atoms with Crippen LogP contribution in [0, 0.1) is 0 Å². The lowest BCUT2D eigenvalue weighted by molar-refractivity contribution is 0.0946. The van der Waals surface area contributed by atoms with Crippen LogP contribution < -0.4 is 10.1 Å². The highest BCUT2D eigenvalue weighted by Gasteiger charge is 2.14. The number of ether oxygens (including phenoxy) is 1. The van der Waals surface area contributed by atoms with Gasteiger partial charge in [0.25, 0.3) is 5.91 Å². The summed E-state index contributed by atoms with van der Waals surface area (Å²) in [5.41, 5.74) is 2.37. The first-order valence-electron chi connectivity index (χ1n) is 8.62. The third-order valence-corrected chi connectivity index (χ3v) is 4.25. The number of rotatable bonds is 5. The maximum atomic E-state index is 12.7. The molecule has 4 rings (SSSR count). The molecule has 5 heteroatoms. The Bertz CT molecular complexity index is 1050. The molecule has 2 N–H and O–H groups in total. The summed E-state index contributed by atoms with van der Waals surface area (Å²) in [7, 11) is 0. The Kier molecular flexibility index (Phi) is 4.27. The van der Waals surface area contributed by atoms with E-state index in [0.717, 1.165) is 27.6 Å². The first kappa shape index (κ1) is 16.1. The van der Waals surface area contributed by atoms with E-state index in [4.69, 9.17) is 4.74 Å². The molecule has 0 radical (unpaired) electrons. The van der Waals surface area contributed by atoms with Crippen LogP contribution in [0.2, 0.25) is 0 Å². The van der Waals surface area contributed by atoms with Crippen LogP contribution >= 0.6 is 0 Å². The maximum absolute atomic E-state index is 12.7. The van der Waals surface area contributed by atoms with Gasteiger partial charge < -0.3 is 15.0 Å². The molecule has 1 amide bonds. The van der Waals surface area contributed by atoms with E-state index < -0.39 is 0 Å². The molecule has 0 aliphatic rings. The molecule has 1 heterocycles. The number of fused-ring (bicyclic) bond motifs is 2. The Labute approximate surface area is 151 Å². The van der Waals surface area contributed by atoms with Gasteiger partial charge in [0.2, 0.25) is 0 Å². The zero-order valence-electron chi connectivity index (χ0n) is 14.5. The predicted octanol–water partition coefficient (Wildman–Crippen LogP) is 4.04. The van der Waals surface area contributed by atoms with Crippen molar-refractivity contribution in [1.29, 1.82) is 0 Å². The molecule has 1 aromatic heterocycles. The van der Waals surface area contributed by atoms with Gasteiger partial charge in [0.1, 0.15) is 11.6 Å². The summed E-state index contributed by atoms with van der Waals surface area (Å²) >= 11 is 0. The second-order valence-electron chi connectivity index (χ2n) is 6.01. The van der Waals surface area contributed by atoms with Gasteiger partial charge in [-0.25, -0.2) is 4.98 Å². The fraction of sp³-hybridized carbons (Fsp3) is 0.143. The second kappa shape index (κ2) is 6.88. The van der Waals surface area contributed by atoms with Gasteiger partial charge >= 0.3 is 0 Å². The number of benzene rings is 3. The number of hydrogen-bond donors (Lipinski definition) is 2. The first-order valence-corrected chi connectivity index (χ1v) is 8.62. The Morgan fingerprint density at radius 3 is 2.58 bits per heavy atom. The number of nitrogens with zero attached hydrogens (tertiary/aromatic N) is 1. The lowest BCUT2D eigenvalue weighted by Gasteiger charge is -2.12. The third kappa shape index (κ3) is 3.11. The summed E-state index contributed by atoms with van der Waals surface area (Å²) in [6.45, 7) is 2.74. The molecule has 0 fully saturated rings. The molecular weight excluding hydrogens is 326 g/mol. The van der Waals surface area contributed by atoms with Crippen LogP contribution in [0.1, 0.15) is 23.1 Å². The smallest absolute Gasteiger partial charge is 0.255 e. The fourth-order valence-corrected chi connectivity index (χ4v) is 3.02. The van der Waals surface area contributed by atoms with Crippen molar-refractivity contribution in [2.24, 2.45) is 0 Å². The molecule has 4 aromatic rings. The lowest BCUT2D eigenvalue weighted by atomic mass is 10.1. The van der Waals surface area contributed by atoms with Crippen LogP contribution in [0.15, 0.2) is 60.7 Å². The molecular formula is C21H19N3O2. The van der Waals surface area contributed by atoms with Gasteiger partial charge in [0.05, 0.1) is 29.7 Å². The summed E-state index contributed by atoms with van der Waals surface area (Å²) in [6.07, 6.45) is 0. The molecule has 130 valence electrons. The van der Waals surface area contributed by atoms with Crippen LogP contribution in [-0.4, -0.2) is 22.5 Å². The van der Waals surface area contributed by atoms with Crippen molar-refractivity contribution in [3.8, 4) is 5.75 Å². The standard InChI is InChI=1S/C21H19N3O2/c1-2-26-19-12-15-8-4-3-7-14(15)11-16(19)21(25)22-13-20-23-17-9-5-6-10-18(17)24-20/h3-12H,2,13H2,1H3,(H,22,25)(H,23,24). The van der Waals surface area contributed by atoms with E-state index >= 15 is 0 Å². The highest BCUT2D eigenvalue weighted by Crippen LogP contribution is 2.26. The van der Waals surface area contributed by atoms with Crippen molar-refractivity contribution in [2.45, 2.75) is 13.5 Å². The molecule has 0 aliphatic heterocycles.